The minimum Gasteiger partial charge on any atom is -0.403 e. The van der Waals surface area contributed by atoms with Gasteiger partial charge in [0.2, 0.25) is 5.89 Å². The van der Waals surface area contributed by atoms with E-state index < -0.39 is 0 Å². The van der Waals surface area contributed by atoms with Crippen LogP contribution in [0.2, 0.25) is 0 Å². The van der Waals surface area contributed by atoms with E-state index in [1.807, 2.05) is 54.6 Å². The number of hydrogen-bond donors (Lipinski definition) is 1. The zero-order valence-electron chi connectivity index (χ0n) is 10.6. The van der Waals surface area contributed by atoms with Crippen LogP contribution in [0, 0.1) is 0 Å². The van der Waals surface area contributed by atoms with Crippen LogP contribution in [-0.2, 0) is 6.54 Å². The van der Waals surface area contributed by atoms with Crippen LogP contribution < -0.4 is 5.32 Å². The summed E-state index contributed by atoms with van der Waals surface area (Å²) in [6, 6.07) is 18.2. The molecule has 5 heteroatoms. The molecule has 1 aromatic heterocycles. The molecule has 0 aliphatic carbocycles. The van der Waals surface area contributed by atoms with Crippen LogP contribution in [0.1, 0.15) is 5.56 Å². The van der Waals surface area contributed by atoms with Crippen molar-refractivity contribution in [2.45, 2.75) is 6.54 Å². The first-order chi connectivity index (χ1) is 9.81. The van der Waals surface area contributed by atoms with Crippen molar-refractivity contribution in [3.63, 3.8) is 0 Å². The van der Waals surface area contributed by atoms with Crippen molar-refractivity contribution >= 4 is 21.9 Å². The molecule has 1 N–H and O–H groups in total. The molecule has 100 valence electrons. The van der Waals surface area contributed by atoms with E-state index in [1.165, 1.54) is 0 Å². The van der Waals surface area contributed by atoms with Crippen LogP contribution in [0.4, 0.5) is 6.01 Å². The summed E-state index contributed by atoms with van der Waals surface area (Å²) < 4.78 is 6.57. The second kappa shape index (κ2) is 5.88. The first kappa shape index (κ1) is 12.9. The van der Waals surface area contributed by atoms with Gasteiger partial charge in [0.1, 0.15) is 0 Å². The van der Waals surface area contributed by atoms with Gasteiger partial charge in [0.25, 0.3) is 0 Å². The van der Waals surface area contributed by atoms with E-state index in [9.17, 15) is 0 Å². The highest BCUT2D eigenvalue weighted by atomic mass is 79.9. The molecule has 3 aromatic rings. The van der Waals surface area contributed by atoms with Gasteiger partial charge in [0, 0.05) is 16.6 Å². The van der Waals surface area contributed by atoms with Gasteiger partial charge in [-0.15, -0.1) is 5.10 Å². The second-order valence-electron chi connectivity index (χ2n) is 4.26. The SMILES string of the molecule is Brc1cccc(-c2nnc(NCc3ccccc3)o2)c1. The van der Waals surface area contributed by atoms with Gasteiger partial charge in [-0.25, -0.2) is 0 Å². The Balaban J connectivity index is 1.71. The third-order valence-electron chi connectivity index (χ3n) is 2.78. The van der Waals surface area contributed by atoms with Crippen molar-refractivity contribution < 1.29 is 4.42 Å². The lowest BCUT2D eigenvalue weighted by molar-refractivity contribution is 0.581. The molecule has 0 atom stereocenters. The normalized spacial score (nSPS) is 10.4. The van der Waals surface area contributed by atoms with Crippen molar-refractivity contribution in [1.29, 1.82) is 0 Å². The fourth-order valence-corrected chi connectivity index (χ4v) is 2.21. The molecule has 0 spiro atoms. The molecule has 4 nitrogen and oxygen atoms in total. The van der Waals surface area contributed by atoms with Gasteiger partial charge < -0.3 is 9.73 Å². The molecule has 0 bridgehead atoms. The largest absolute Gasteiger partial charge is 0.403 e. The van der Waals surface area contributed by atoms with E-state index in [1.54, 1.807) is 0 Å². The fraction of sp³-hybridized carbons (Fsp3) is 0.0667. The highest BCUT2D eigenvalue weighted by molar-refractivity contribution is 9.10. The lowest BCUT2D eigenvalue weighted by Crippen LogP contribution is -1.98. The minimum absolute atomic E-state index is 0.420. The van der Waals surface area contributed by atoms with Gasteiger partial charge in [0.15, 0.2) is 0 Å². The van der Waals surface area contributed by atoms with E-state index in [-0.39, 0.29) is 0 Å². The van der Waals surface area contributed by atoms with Gasteiger partial charge in [-0.3, -0.25) is 0 Å². The van der Waals surface area contributed by atoms with Gasteiger partial charge in [0.05, 0.1) is 0 Å². The first-order valence-corrected chi connectivity index (χ1v) is 6.98. The van der Waals surface area contributed by atoms with Crippen LogP contribution in [-0.4, -0.2) is 10.2 Å². The molecular formula is C15H12BrN3O. The first-order valence-electron chi connectivity index (χ1n) is 6.18. The number of hydrogen-bond acceptors (Lipinski definition) is 4. The Hall–Kier alpha value is -2.14. The second-order valence-corrected chi connectivity index (χ2v) is 5.18. The molecular weight excluding hydrogens is 318 g/mol. The molecule has 20 heavy (non-hydrogen) atoms. The molecule has 0 aliphatic rings. The van der Waals surface area contributed by atoms with Crippen LogP contribution >= 0.6 is 15.9 Å². The Morgan fingerprint density at radius 1 is 1.00 bits per heavy atom. The van der Waals surface area contributed by atoms with Crippen LogP contribution in [0.25, 0.3) is 11.5 Å². The zero-order chi connectivity index (χ0) is 13.8. The summed E-state index contributed by atoms with van der Waals surface area (Å²) in [5.41, 5.74) is 2.05. The van der Waals surface area contributed by atoms with Gasteiger partial charge >= 0.3 is 6.01 Å². The summed E-state index contributed by atoms with van der Waals surface area (Å²) in [6.07, 6.45) is 0. The number of aromatic nitrogens is 2. The van der Waals surface area contributed by atoms with E-state index in [4.69, 9.17) is 4.42 Å². The number of benzene rings is 2. The summed E-state index contributed by atoms with van der Waals surface area (Å²) in [6.45, 7) is 0.654. The third-order valence-corrected chi connectivity index (χ3v) is 3.28. The van der Waals surface area contributed by atoms with E-state index >= 15 is 0 Å². The molecule has 0 saturated carbocycles. The van der Waals surface area contributed by atoms with Gasteiger partial charge in [-0.2, -0.15) is 0 Å². The molecule has 0 unspecified atom stereocenters. The van der Waals surface area contributed by atoms with Crippen molar-refractivity contribution in [2.75, 3.05) is 5.32 Å². The highest BCUT2D eigenvalue weighted by Crippen LogP contribution is 2.23. The molecule has 0 radical (unpaired) electrons. The molecule has 0 saturated heterocycles. The molecule has 0 aliphatic heterocycles. The Bertz CT molecular complexity index is 697. The minimum atomic E-state index is 0.420. The number of halogens is 1. The predicted molar refractivity (Wildman–Crippen MR) is 81.2 cm³/mol. The fourth-order valence-electron chi connectivity index (χ4n) is 1.81. The highest BCUT2D eigenvalue weighted by Gasteiger charge is 2.08. The Morgan fingerprint density at radius 2 is 1.85 bits per heavy atom. The number of nitrogens with one attached hydrogen (secondary N) is 1. The van der Waals surface area contributed by atoms with Crippen LogP contribution in [0.5, 0.6) is 0 Å². The van der Waals surface area contributed by atoms with E-state index in [0.717, 1.165) is 15.6 Å². The van der Waals surface area contributed by atoms with Crippen molar-refractivity contribution in [1.82, 2.24) is 10.2 Å². The summed E-state index contributed by atoms with van der Waals surface area (Å²) >= 11 is 3.42. The topological polar surface area (TPSA) is 51.0 Å². The standard InChI is InChI=1S/C15H12BrN3O/c16-13-8-4-7-12(9-13)14-18-19-15(20-14)17-10-11-5-2-1-3-6-11/h1-9H,10H2,(H,17,19). The van der Waals surface area contributed by atoms with E-state index in [2.05, 4.69) is 31.4 Å². The van der Waals surface area contributed by atoms with Crippen molar-refractivity contribution in [3.05, 3.63) is 64.6 Å². The summed E-state index contributed by atoms with van der Waals surface area (Å²) in [4.78, 5) is 0. The number of nitrogens with zero attached hydrogens (tertiary/aromatic N) is 2. The van der Waals surface area contributed by atoms with Gasteiger partial charge in [-0.1, -0.05) is 57.4 Å². The van der Waals surface area contributed by atoms with Crippen molar-refractivity contribution in [3.8, 4) is 11.5 Å². The zero-order valence-corrected chi connectivity index (χ0v) is 12.2. The predicted octanol–water partition coefficient (Wildman–Crippen LogP) is 4.11. The average molecular weight is 330 g/mol. The van der Waals surface area contributed by atoms with E-state index in [0.29, 0.717) is 18.5 Å². The average Bonchev–Trinajstić information content (AvgIpc) is 2.95. The Morgan fingerprint density at radius 3 is 2.65 bits per heavy atom. The molecule has 2 aromatic carbocycles. The molecule has 0 fully saturated rings. The molecule has 1 heterocycles. The van der Waals surface area contributed by atoms with Crippen LogP contribution in [0.15, 0.2) is 63.5 Å². The lowest BCUT2D eigenvalue weighted by Gasteiger charge is -2.00. The molecule has 0 amide bonds. The maximum Gasteiger partial charge on any atom is 0.316 e. The van der Waals surface area contributed by atoms with Gasteiger partial charge in [-0.05, 0) is 23.8 Å². The summed E-state index contributed by atoms with van der Waals surface area (Å²) in [7, 11) is 0. The molecule has 3 rings (SSSR count). The van der Waals surface area contributed by atoms with Crippen molar-refractivity contribution in [2.24, 2.45) is 0 Å². The third kappa shape index (κ3) is 3.05. The van der Waals surface area contributed by atoms with Crippen LogP contribution in [0.3, 0.4) is 0 Å². The maximum atomic E-state index is 5.59. The smallest absolute Gasteiger partial charge is 0.316 e. The quantitative estimate of drug-likeness (QED) is 0.782. The number of rotatable bonds is 4. The number of anilines is 1. The summed E-state index contributed by atoms with van der Waals surface area (Å²) in [5, 5.41) is 11.1. The monoisotopic (exact) mass is 329 g/mol. The summed E-state index contributed by atoms with van der Waals surface area (Å²) in [5.74, 6) is 0.502. The Kier molecular flexibility index (Phi) is 3.78. The Labute approximate surface area is 125 Å². The lowest BCUT2D eigenvalue weighted by atomic mass is 10.2. The maximum absolute atomic E-state index is 5.59.